The number of hydrogen-bond acceptors (Lipinski definition) is 5. The predicted molar refractivity (Wildman–Crippen MR) is 68.2 cm³/mol. The van der Waals surface area contributed by atoms with E-state index < -0.39 is 15.1 Å². The van der Waals surface area contributed by atoms with Crippen LogP contribution in [0.25, 0.3) is 0 Å². The minimum absolute atomic E-state index is 0.0153. The number of hydrogen-bond donors (Lipinski definition) is 0. The van der Waals surface area contributed by atoms with Crippen molar-refractivity contribution in [3.8, 4) is 0 Å². The van der Waals surface area contributed by atoms with Crippen molar-refractivity contribution in [3.63, 3.8) is 0 Å². The molecular weight excluding hydrogens is 270 g/mol. The van der Waals surface area contributed by atoms with Crippen molar-refractivity contribution < 1.29 is 22.4 Å². The van der Waals surface area contributed by atoms with Crippen LogP contribution in [0.4, 0.5) is 0 Å². The van der Waals surface area contributed by atoms with Crippen molar-refractivity contribution in [2.75, 3.05) is 26.3 Å². The highest BCUT2D eigenvalue weighted by molar-refractivity contribution is 7.91. The quantitative estimate of drug-likeness (QED) is 0.759. The Morgan fingerprint density at radius 1 is 1.53 bits per heavy atom. The number of furan rings is 1. The molecule has 1 aromatic rings. The predicted octanol–water partition coefficient (Wildman–Crippen LogP) is 0.442. The topological polar surface area (TPSA) is 76.8 Å². The van der Waals surface area contributed by atoms with E-state index in [4.69, 9.17) is 9.15 Å². The zero-order valence-corrected chi connectivity index (χ0v) is 11.6. The number of nitrogens with zero attached hydrogens (tertiary/aromatic N) is 1. The van der Waals surface area contributed by atoms with Gasteiger partial charge in [-0.15, -0.1) is 0 Å². The number of carbonyl (C=O) groups is 1. The maximum absolute atomic E-state index is 12.0. The third-order valence-corrected chi connectivity index (χ3v) is 5.06. The largest absolute Gasteiger partial charge is 0.468 e. The highest BCUT2D eigenvalue weighted by Gasteiger charge is 2.39. The first kappa shape index (κ1) is 14.1. The molecule has 19 heavy (non-hydrogen) atoms. The molecule has 2 rings (SSSR count). The fourth-order valence-electron chi connectivity index (χ4n) is 1.86. The third-order valence-electron chi connectivity index (χ3n) is 3.06. The van der Waals surface area contributed by atoms with Gasteiger partial charge >= 0.3 is 0 Å². The summed E-state index contributed by atoms with van der Waals surface area (Å²) in [5.41, 5.74) is 0. The molecule has 1 fully saturated rings. The molecule has 0 N–H and O–H groups in total. The SMILES string of the molecule is CCOCC(=O)N1CC(S(=O)(=O)Cc2ccco2)C1. The number of carbonyl (C=O) groups excluding carboxylic acids is 1. The van der Waals surface area contributed by atoms with Crippen molar-refractivity contribution in [1.29, 1.82) is 0 Å². The molecule has 0 atom stereocenters. The van der Waals surface area contributed by atoms with E-state index in [2.05, 4.69) is 0 Å². The van der Waals surface area contributed by atoms with Crippen LogP contribution in [0.2, 0.25) is 0 Å². The Kier molecular flexibility index (Phi) is 4.26. The lowest BCUT2D eigenvalue weighted by Crippen LogP contribution is -2.57. The first-order chi connectivity index (χ1) is 9.03. The molecule has 0 radical (unpaired) electrons. The molecule has 1 aromatic heterocycles. The van der Waals surface area contributed by atoms with Gasteiger partial charge in [0.05, 0.1) is 11.5 Å². The second-order valence-electron chi connectivity index (χ2n) is 4.44. The smallest absolute Gasteiger partial charge is 0.248 e. The monoisotopic (exact) mass is 287 g/mol. The van der Waals surface area contributed by atoms with E-state index in [1.165, 1.54) is 11.2 Å². The Morgan fingerprint density at radius 2 is 2.26 bits per heavy atom. The molecule has 6 nitrogen and oxygen atoms in total. The Labute approximate surface area is 112 Å². The minimum Gasteiger partial charge on any atom is -0.468 e. The van der Waals surface area contributed by atoms with Crippen LogP contribution in [-0.4, -0.2) is 50.8 Å². The van der Waals surface area contributed by atoms with Crippen LogP contribution in [0, 0.1) is 0 Å². The number of ether oxygens (including phenoxy) is 1. The van der Waals surface area contributed by atoms with Crippen LogP contribution >= 0.6 is 0 Å². The summed E-state index contributed by atoms with van der Waals surface area (Å²) < 4.78 is 34.1. The summed E-state index contributed by atoms with van der Waals surface area (Å²) in [6.45, 7) is 2.78. The van der Waals surface area contributed by atoms with Gasteiger partial charge in [-0.1, -0.05) is 0 Å². The highest BCUT2D eigenvalue weighted by Crippen LogP contribution is 2.20. The maximum Gasteiger partial charge on any atom is 0.248 e. The van der Waals surface area contributed by atoms with Crippen LogP contribution < -0.4 is 0 Å². The van der Waals surface area contributed by atoms with Crippen LogP contribution in [0.15, 0.2) is 22.8 Å². The van der Waals surface area contributed by atoms with Crippen molar-refractivity contribution in [2.45, 2.75) is 17.9 Å². The molecule has 1 saturated heterocycles. The van der Waals surface area contributed by atoms with Gasteiger partial charge in [0.15, 0.2) is 9.84 Å². The van der Waals surface area contributed by atoms with Crippen molar-refractivity contribution >= 4 is 15.7 Å². The molecule has 1 aliphatic rings. The van der Waals surface area contributed by atoms with Crippen molar-refractivity contribution in [3.05, 3.63) is 24.2 Å². The van der Waals surface area contributed by atoms with E-state index >= 15 is 0 Å². The normalized spacial score (nSPS) is 16.4. The van der Waals surface area contributed by atoms with Gasteiger partial charge < -0.3 is 14.1 Å². The van der Waals surface area contributed by atoms with E-state index in [0.717, 1.165) is 0 Å². The lowest BCUT2D eigenvalue weighted by Gasteiger charge is -2.38. The molecule has 0 saturated carbocycles. The van der Waals surface area contributed by atoms with Gasteiger partial charge in [0, 0.05) is 19.7 Å². The van der Waals surface area contributed by atoms with Crippen LogP contribution in [-0.2, 0) is 25.1 Å². The average molecular weight is 287 g/mol. The molecule has 2 heterocycles. The summed E-state index contributed by atoms with van der Waals surface area (Å²) in [5.74, 6) is 0.156. The van der Waals surface area contributed by atoms with E-state index in [-0.39, 0.29) is 31.4 Å². The molecule has 0 aliphatic carbocycles. The van der Waals surface area contributed by atoms with Gasteiger partial charge in [0.1, 0.15) is 18.1 Å². The lowest BCUT2D eigenvalue weighted by molar-refractivity contribution is -0.139. The van der Waals surface area contributed by atoms with Gasteiger partial charge in [-0.2, -0.15) is 0 Å². The van der Waals surface area contributed by atoms with E-state index in [1.54, 1.807) is 19.1 Å². The molecule has 0 aromatic carbocycles. The van der Waals surface area contributed by atoms with Gasteiger partial charge in [0.2, 0.25) is 5.91 Å². The van der Waals surface area contributed by atoms with Crippen LogP contribution in [0.3, 0.4) is 0 Å². The Morgan fingerprint density at radius 3 is 2.84 bits per heavy atom. The number of rotatable bonds is 6. The zero-order chi connectivity index (χ0) is 13.9. The Bertz CT molecular complexity index is 516. The maximum atomic E-state index is 12.0. The summed E-state index contributed by atoms with van der Waals surface area (Å²) in [7, 11) is -3.26. The molecule has 0 bridgehead atoms. The molecule has 0 unspecified atom stereocenters. The van der Waals surface area contributed by atoms with Gasteiger partial charge in [0.25, 0.3) is 0 Å². The van der Waals surface area contributed by atoms with E-state index in [9.17, 15) is 13.2 Å². The summed E-state index contributed by atoms with van der Waals surface area (Å²) in [4.78, 5) is 13.1. The lowest BCUT2D eigenvalue weighted by atomic mass is 10.2. The number of likely N-dealkylation sites (tertiary alicyclic amines) is 1. The molecule has 1 amide bonds. The first-order valence-corrected chi connectivity index (χ1v) is 7.84. The van der Waals surface area contributed by atoms with Crippen LogP contribution in [0.1, 0.15) is 12.7 Å². The summed E-state index contributed by atoms with van der Waals surface area (Å²) in [6.07, 6.45) is 1.45. The standard InChI is InChI=1S/C12H17NO5S/c1-2-17-8-12(14)13-6-11(7-13)19(15,16)9-10-4-3-5-18-10/h3-5,11H,2,6-9H2,1H3. The van der Waals surface area contributed by atoms with Crippen LogP contribution in [0.5, 0.6) is 0 Å². The number of amides is 1. The summed E-state index contributed by atoms with van der Waals surface area (Å²) in [5, 5.41) is -0.497. The highest BCUT2D eigenvalue weighted by atomic mass is 32.2. The molecular formula is C12H17NO5S. The summed E-state index contributed by atoms with van der Waals surface area (Å²) >= 11 is 0. The Balaban J connectivity index is 1.84. The van der Waals surface area contributed by atoms with Gasteiger partial charge in [-0.05, 0) is 19.1 Å². The fourth-order valence-corrected chi connectivity index (χ4v) is 3.47. The average Bonchev–Trinajstić information content (AvgIpc) is 2.75. The minimum atomic E-state index is -3.26. The third kappa shape index (κ3) is 3.36. The van der Waals surface area contributed by atoms with E-state index in [1.807, 2.05) is 0 Å². The molecule has 106 valence electrons. The Hall–Kier alpha value is -1.34. The van der Waals surface area contributed by atoms with Crippen molar-refractivity contribution in [2.24, 2.45) is 0 Å². The fraction of sp³-hybridized carbons (Fsp3) is 0.583. The second kappa shape index (κ2) is 5.75. The summed E-state index contributed by atoms with van der Waals surface area (Å²) in [6, 6.07) is 3.29. The molecule has 7 heteroatoms. The number of sulfone groups is 1. The molecule has 1 aliphatic heterocycles. The molecule has 0 spiro atoms. The second-order valence-corrected chi connectivity index (χ2v) is 6.73. The van der Waals surface area contributed by atoms with Gasteiger partial charge in [-0.25, -0.2) is 8.42 Å². The van der Waals surface area contributed by atoms with E-state index in [0.29, 0.717) is 12.4 Å². The van der Waals surface area contributed by atoms with Gasteiger partial charge in [-0.3, -0.25) is 4.79 Å². The first-order valence-electron chi connectivity index (χ1n) is 6.12. The zero-order valence-electron chi connectivity index (χ0n) is 10.7. The van der Waals surface area contributed by atoms with Crippen molar-refractivity contribution in [1.82, 2.24) is 4.90 Å².